The van der Waals surface area contributed by atoms with E-state index in [2.05, 4.69) is 10.6 Å². The number of carboxylic acid groups (broad SMARTS) is 2. The zero-order valence-corrected chi connectivity index (χ0v) is 18.1. The number of carboxylic acids is 2. The molecule has 4 N–H and O–H groups in total. The van der Waals surface area contributed by atoms with Crippen LogP contribution in [0.5, 0.6) is 11.5 Å². The van der Waals surface area contributed by atoms with Crippen molar-refractivity contribution in [2.24, 2.45) is 0 Å². The summed E-state index contributed by atoms with van der Waals surface area (Å²) in [6.45, 7) is 3.70. The largest absolute Gasteiger partial charge is 0.478 e. The Labute approximate surface area is 193 Å². The highest BCUT2D eigenvalue weighted by Gasteiger charge is 2.26. The molecule has 34 heavy (non-hydrogen) atoms. The number of hydrogen-bond acceptors (Lipinski definition) is 6. The molecule has 0 aliphatic rings. The SMILES string of the molecule is Cc1ccc(OC(=O)Nc2ccc(C(=O)O)c(C(=O)O)c2NC(=O)Oc2ccc(C)cc2)cc1. The maximum atomic E-state index is 12.5. The summed E-state index contributed by atoms with van der Waals surface area (Å²) in [5, 5.41) is 23.6. The summed E-state index contributed by atoms with van der Waals surface area (Å²) in [5.74, 6) is -2.79. The van der Waals surface area contributed by atoms with Gasteiger partial charge in [-0.05, 0) is 50.2 Å². The molecule has 0 aromatic heterocycles. The molecule has 10 heteroatoms. The van der Waals surface area contributed by atoms with Crippen LogP contribution in [0.2, 0.25) is 0 Å². The van der Waals surface area contributed by atoms with Crippen molar-refractivity contribution in [3.05, 3.63) is 82.9 Å². The molecular formula is C24H20N2O8. The van der Waals surface area contributed by atoms with E-state index in [1.54, 1.807) is 36.4 Å². The fourth-order valence-electron chi connectivity index (χ4n) is 2.93. The van der Waals surface area contributed by atoms with Gasteiger partial charge in [0, 0.05) is 0 Å². The second-order valence-corrected chi connectivity index (χ2v) is 7.18. The topological polar surface area (TPSA) is 151 Å². The van der Waals surface area contributed by atoms with Gasteiger partial charge in [0.25, 0.3) is 0 Å². The quantitative estimate of drug-likeness (QED) is 0.401. The number of carbonyl (C=O) groups excluding carboxylic acids is 2. The van der Waals surface area contributed by atoms with Gasteiger partial charge >= 0.3 is 24.1 Å². The summed E-state index contributed by atoms with van der Waals surface area (Å²) < 4.78 is 10.3. The van der Waals surface area contributed by atoms with Gasteiger partial charge in [0.05, 0.1) is 22.5 Å². The van der Waals surface area contributed by atoms with Gasteiger partial charge in [-0.25, -0.2) is 19.2 Å². The first-order valence-electron chi connectivity index (χ1n) is 9.88. The Morgan fingerprint density at radius 2 is 1.12 bits per heavy atom. The molecule has 2 amide bonds. The lowest BCUT2D eigenvalue weighted by Gasteiger charge is -2.16. The Morgan fingerprint density at radius 3 is 1.56 bits per heavy atom. The Bertz CT molecular complexity index is 1250. The first kappa shape index (κ1) is 23.8. The molecule has 0 fully saturated rings. The smallest absolute Gasteiger partial charge is 0.417 e. The second-order valence-electron chi connectivity index (χ2n) is 7.18. The molecule has 3 aromatic carbocycles. The molecule has 10 nitrogen and oxygen atoms in total. The third-order valence-electron chi connectivity index (χ3n) is 4.58. The van der Waals surface area contributed by atoms with Crippen molar-refractivity contribution in [1.82, 2.24) is 0 Å². The number of rotatable bonds is 6. The molecule has 0 aliphatic carbocycles. The minimum atomic E-state index is -1.64. The maximum absolute atomic E-state index is 12.5. The van der Waals surface area contributed by atoms with Crippen molar-refractivity contribution in [2.75, 3.05) is 10.6 Å². The highest BCUT2D eigenvalue weighted by molar-refractivity contribution is 6.11. The normalized spacial score (nSPS) is 10.2. The van der Waals surface area contributed by atoms with Gasteiger partial charge in [0.15, 0.2) is 0 Å². The van der Waals surface area contributed by atoms with E-state index in [4.69, 9.17) is 9.47 Å². The molecule has 3 aromatic rings. The van der Waals surface area contributed by atoms with Crippen molar-refractivity contribution >= 4 is 35.5 Å². The predicted molar refractivity (Wildman–Crippen MR) is 122 cm³/mol. The van der Waals surface area contributed by atoms with Crippen LogP contribution in [0.4, 0.5) is 21.0 Å². The van der Waals surface area contributed by atoms with Crippen LogP contribution in [0.25, 0.3) is 0 Å². The molecule has 0 saturated carbocycles. The number of aryl methyl sites for hydroxylation is 2. The maximum Gasteiger partial charge on any atom is 0.417 e. The van der Waals surface area contributed by atoms with Crippen LogP contribution in [0, 0.1) is 13.8 Å². The summed E-state index contributed by atoms with van der Waals surface area (Å²) in [5.41, 5.74) is -0.168. The van der Waals surface area contributed by atoms with Gasteiger partial charge < -0.3 is 19.7 Å². The highest BCUT2D eigenvalue weighted by atomic mass is 16.6. The van der Waals surface area contributed by atoms with Crippen LogP contribution in [-0.4, -0.2) is 34.3 Å². The van der Waals surface area contributed by atoms with Gasteiger partial charge in [0.2, 0.25) is 0 Å². The van der Waals surface area contributed by atoms with Gasteiger partial charge in [-0.2, -0.15) is 0 Å². The van der Waals surface area contributed by atoms with Crippen LogP contribution in [-0.2, 0) is 0 Å². The Balaban J connectivity index is 1.92. The van der Waals surface area contributed by atoms with Crippen molar-refractivity contribution in [1.29, 1.82) is 0 Å². The number of carbonyl (C=O) groups is 4. The standard InChI is InChI=1S/C24H20N2O8/c1-13-3-7-15(8-4-13)33-23(31)25-18-12-11-17(21(27)28)19(22(29)30)20(18)26-24(32)34-16-9-5-14(2)6-10-16/h3-12H,1-2H3,(H,25,31)(H,26,32)(H,27,28)(H,29,30). The van der Waals surface area contributed by atoms with E-state index < -0.39 is 40.9 Å². The van der Waals surface area contributed by atoms with E-state index >= 15 is 0 Å². The van der Waals surface area contributed by atoms with Gasteiger partial charge in [-0.15, -0.1) is 0 Å². The fraction of sp³-hybridized carbons (Fsp3) is 0.0833. The van der Waals surface area contributed by atoms with Crippen LogP contribution in [0.3, 0.4) is 0 Å². The summed E-state index contributed by atoms with van der Waals surface area (Å²) in [7, 11) is 0. The molecule has 0 unspecified atom stereocenters. The lowest BCUT2D eigenvalue weighted by molar-refractivity contribution is 0.0652. The monoisotopic (exact) mass is 464 g/mol. The summed E-state index contributed by atoms with van der Waals surface area (Å²) in [4.78, 5) is 48.3. The van der Waals surface area contributed by atoms with E-state index in [0.29, 0.717) is 0 Å². The minimum absolute atomic E-state index is 0.169. The summed E-state index contributed by atoms with van der Waals surface area (Å²) in [6, 6.07) is 15.1. The first-order valence-corrected chi connectivity index (χ1v) is 9.88. The minimum Gasteiger partial charge on any atom is -0.478 e. The van der Waals surface area contributed by atoms with Crippen molar-refractivity contribution in [3.63, 3.8) is 0 Å². The predicted octanol–water partition coefficient (Wildman–Crippen LogP) is 4.92. The zero-order chi connectivity index (χ0) is 24.8. The van der Waals surface area contributed by atoms with E-state index in [9.17, 15) is 29.4 Å². The molecule has 0 radical (unpaired) electrons. The highest BCUT2D eigenvalue weighted by Crippen LogP contribution is 2.31. The molecule has 0 bridgehead atoms. The fourth-order valence-corrected chi connectivity index (χ4v) is 2.93. The summed E-state index contributed by atoms with van der Waals surface area (Å²) >= 11 is 0. The molecule has 0 saturated heterocycles. The van der Waals surface area contributed by atoms with Crippen LogP contribution in [0.1, 0.15) is 31.8 Å². The number of nitrogens with one attached hydrogen (secondary N) is 2. The average molecular weight is 464 g/mol. The third kappa shape index (κ3) is 5.88. The molecular weight excluding hydrogens is 444 g/mol. The van der Waals surface area contributed by atoms with Crippen molar-refractivity contribution in [3.8, 4) is 11.5 Å². The van der Waals surface area contributed by atoms with Crippen LogP contribution < -0.4 is 20.1 Å². The van der Waals surface area contributed by atoms with E-state index in [0.717, 1.165) is 23.3 Å². The Kier molecular flexibility index (Phi) is 7.12. The molecule has 0 heterocycles. The number of anilines is 2. The third-order valence-corrected chi connectivity index (χ3v) is 4.58. The van der Waals surface area contributed by atoms with Gasteiger partial charge in [0.1, 0.15) is 11.5 Å². The number of amides is 2. The lowest BCUT2D eigenvalue weighted by Crippen LogP contribution is -2.24. The van der Waals surface area contributed by atoms with Gasteiger partial charge in [-0.1, -0.05) is 35.4 Å². The van der Waals surface area contributed by atoms with E-state index in [1.165, 1.54) is 12.1 Å². The first-order chi connectivity index (χ1) is 16.1. The lowest BCUT2D eigenvalue weighted by atomic mass is 10.0. The van der Waals surface area contributed by atoms with Crippen LogP contribution >= 0.6 is 0 Å². The Morgan fingerprint density at radius 1 is 0.647 bits per heavy atom. The number of aromatic carboxylic acids is 2. The number of benzene rings is 3. The molecule has 0 aliphatic heterocycles. The molecule has 174 valence electrons. The van der Waals surface area contributed by atoms with E-state index in [1.807, 2.05) is 13.8 Å². The molecule has 3 rings (SSSR count). The van der Waals surface area contributed by atoms with Crippen molar-refractivity contribution < 1.29 is 38.9 Å². The van der Waals surface area contributed by atoms with E-state index in [-0.39, 0.29) is 17.2 Å². The number of ether oxygens (including phenoxy) is 2. The second kappa shape index (κ2) is 10.2. The van der Waals surface area contributed by atoms with Crippen molar-refractivity contribution in [2.45, 2.75) is 13.8 Å². The summed E-state index contributed by atoms with van der Waals surface area (Å²) in [6.07, 6.45) is -2.08. The molecule has 0 spiro atoms. The number of hydrogen-bond donors (Lipinski definition) is 4. The molecule has 0 atom stereocenters. The van der Waals surface area contributed by atoms with Crippen LogP contribution in [0.15, 0.2) is 60.7 Å². The zero-order valence-electron chi connectivity index (χ0n) is 18.1. The van der Waals surface area contributed by atoms with Gasteiger partial charge in [-0.3, -0.25) is 10.6 Å². The average Bonchev–Trinajstić information content (AvgIpc) is 2.77. The Hall–Kier alpha value is -4.86.